The summed E-state index contributed by atoms with van der Waals surface area (Å²) in [6, 6.07) is 5.07. The number of nitrogens with two attached hydrogens (primary N) is 1. The van der Waals surface area contributed by atoms with Gasteiger partial charge >= 0.3 is 0 Å². The SMILES string of the molecule is CC(C)CCN(C)CCC(=O)Nc1ccc(N)cc1Cl. The van der Waals surface area contributed by atoms with Crippen molar-refractivity contribution in [1.82, 2.24) is 4.90 Å². The average Bonchev–Trinajstić information content (AvgIpc) is 2.37. The van der Waals surface area contributed by atoms with E-state index in [1.807, 2.05) is 7.05 Å². The minimum atomic E-state index is -0.0342. The fraction of sp³-hybridized carbons (Fsp3) is 0.533. The standard InChI is InChI=1S/C15H24ClN3O/c1-11(2)6-8-19(3)9-7-15(20)18-14-5-4-12(17)10-13(14)16/h4-5,10-11H,6-9,17H2,1-3H3,(H,18,20). The van der Waals surface area contributed by atoms with Crippen LogP contribution in [0.2, 0.25) is 5.02 Å². The third-order valence-electron chi connectivity index (χ3n) is 3.08. The van der Waals surface area contributed by atoms with Gasteiger partial charge in [0.05, 0.1) is 10.7 Å². The first-order chi connectivity index (χ1) is 9.38. The van der Waals surface area contributed by atoms with Crippen molar-refractivity contribution in [3.63, 3.8) is 0 Å². The topological polar surface area (TPSA) is 58.4 Å². The first-order valence-electron chi connectivity index (χ1n) is 6.92. The molecule has 0 spiro atoms. The molecular formula is C15H24ClN3O. The molecule has 20 heavy (non-hydrogen) atoms. The molecule has 0 aliphatic heterocycles. The summed E-state index contributed by atoms with van der Waals surface area (Å²) in [6.45, 7) is 6.14. The molecule has 0 aliphatic rings. The number of nitrogens with one attached hydrogen (secondary N) is 1. The molecule has 0 atom stereocenters. The highest BCUT2D eigenvalue weighted by Crippen LogP contribution is 2.24. The predicted molar refractivity (Wildman–Crippen MR) is 86.1 cm³/mol. The molecule has 0 unspecified atom stereocenters. The smallest absolute Gasteiger partial charge is 0.225 e. The molecule has 0 bridgehead atoms. The predicted octanol–water partition coefficient (Wildman–Crippen LogP) is 3.23. The second-order valence-corrected chi connectivity index (χ2v) is 5.93. The summed E-state index contributed by atoms with van der Waals surface area (Å²) in [4.78, 5) is 14.0. The zero-order chi connectivity index (χ0) is 15.1. The third kappa shape index (κ3) is 6.26. The molecule has 0 heterocycles. The van der Waals surface area contributed by atoms with E-state index < -0.39 is 0 Å². The zero-order valence-corrected chi connectivity index (χ0v) is 13.2. The van der Waals surface area contributed by atoms with Crippen LogP contribution in [0.3, 0.4) is 0 Å². The van der Waals surface area contributed by atoms with E-state index in [1.165, 1.54) is 0 Å². The van der Waals surface area contributed by atoms with Gasteiger partial charge in [0.15, 0.2) is 0 Å². The lowest BCUT2D eigenvalue weighted by atomic mass is 10.1. The number of anilines is 2. The van der Waals surface area contributed by atoms with E-state index in [4.69, 9.17) is 17.3 Å². The molecule has 1 amide bonds. The highest BCUT2D eigenvalue weighted by molar-refractivity contribution is 6.34. The zero-order valence-electron chi connectivity index (χ0n) is 12.4. The Morgan fingerprint density at radius 1 is 1.40 bits per heavy atom. The lowest BCUT2D eigenvalue weighted by molar-refractivity contribution is -0.116. The highest BCUT2D eigenvalue weighted by atomic mass is 35.5. The van der Waals surface area contributed by atoms with Gasteiger partial charge in [-0.3, -0.25) is 4.79 Å². The number of carbonyl (C=O) groups excluding carboxylic acids is 1. The number of hydrogen-bond acceptors (Lipinski definition) is 3. The number of hydrogen-bond donors (Lipinski definition) is 2. The Labute approximate surface area is 126 Å². The van der Waals surface area contributed by atoms with Crippen molar-refractivity contribution in [2.75, 3.05) is 31.2 Å². The van der Waals surface area contributed by atoms with Crippen molar-refractivity contribution in [1.29, 1.82) is 0 Å². The molecule has 112 valence electrons. The van der Waals surface area contributed by atoms with Crippen molar-refractivity contribution in [2.24, 2.45) is 5.92 Å². The quantitative estimate of drug-likeness (QED) is 0.760. The van der Waals surface area contributed by atoms with Gasteiger partial charge in [0.1, 0.15) is 0 Å². The highest BCUT2D eigenvalue weighted by Gasteiger charge is 2.08. The van der Waals surface area contributed by atoms with Crippen LogP contribution in [0.15, 0.2) is 18.2 Å². The molecule has 5 heteroatoms. The van der Waals surface area contributed by atoms with Gasteiger partial charge < -0.3 is 16.0 Å². The molecule has 3 N–H and O–H groups in total. The average molecular weight is 298 g/mol. The fourth-order valence-electron chi connectivity index (χ4n) is 1.73. The second kappa shape index (κ2) is 8.12. The van der Waals surface area contributed by atoms with E-state index in [9.17, 15) is 4.79 Å². The number of rotatable bonds is 7. The van der Waals surface area contributed by atoms with Crippen LogP contribution < -0.4 is 11.1 Å². The first-order valence-corrected chi connectivity index (χ1v) is 7.29. The normalized spacial score (nSPS) is 11.1. The Bertz CT molecular complexity index is 449. The van der Waals surface area contributed by atoms with Gasteiger partial charge in [-0.05, 0) is 44.1 Å². The number of amides is 1. The van der Waals surface area contributed by atoms with Gasteiger partial charge in [0, 0.05) is 18.7 Å². The van der Waals surface area contributed by atoms with Gasteiger partial charge in [0.2, 0.25) is 5.91 Å². The van der Waals surface area contributed by atoms with Gasteiger partial charge in [-0.1, -0.05) is 25.4 Å². The van der Waals surface area contributed by atoms with Gasteiger partial charge in [-0.15, -0.1) is 0 Å². The fourth-order valence-corrected chi connectivity index (χ4v) is 1.96. The number of nitrogen functional groups attached to an aromatic ring is 1. The molecule has 0 radical (unpaired) electrons. The summed E-state index contributed by atoms with van der Waals surface area (Å²) >= 11 is 6.02. The van der Waals surface area contributed by atoms with Crippen molar-refractivity contribution in [3.8, 4) is 0 Å². The lowest BCUT2D eigenvalue weighted by Crippen LogP contribution is -2.26. The molecule has 0 aromatic heterocycles. The largest absolute Gasteiger partial charge is 0.399 e. The van der Waals surface area contributed by atoms with Crippen molar-refractivity contribution in [2.45, 2.75) is 26.7 Å². The van der Waals surface area contributed by atoms with Crippen molar-refractivity contribution >= 4 is 28.9 Å². The number of benzene rings is 1. The van der Waals surface area contributed by atoms with Crippen LogP contribution in [0.4, 0.5) is 11.4 Å². The summed E-state index contributed by atoms with van der Waals surface area (Å²) < 4.78 is 0. The molecule has 1 aromatic carbocycles. The molecule has 0 saturated heterocycles. The lowest BCUT2D eigenvalue weighted by Gasteiger charge is -2.17. The maximum Gasteiger partial charge on any atom is 0.225 e. The Balaban J connectivity index is 2.36. The van der Waals surface area contributed by atoms with Crippen LogP contribution in [-0.2, 0) is 4.79 Å². The molecule has 0 aliphatic carbocycles. The van der Waals surface area contributed by atoms with E-state index in [0.717, 1.165) is 19.5 Å². The van der Waals surface area contributed by atoms with Crippen LogP contribution in [0.5, 0.6) is 0 Å². The first kappa shape index (κ1) is 16.8. The van der Waals surface area contributed by atoms with E-state index in [-0.39, 0.29) is 5.91 Å². The Morgan fingerprint density at radius 3 is 2.70 bits per heavy atom. The maximum atomic E-state index is 11.9. The van der Waals surface area contributed by atoms with Crippen LogP contribution in [0.1, 0.15) is 26.7 Å². The summed E-state index contributed by atoms with van der Waals surface area (Å²) in [7, 11) is 2.03. The van der Waals surface area contributed by atoms with E-state index in [0.29, 0.717) is 28.7 Å². The molecule has 4 nitrogen and oxygen atoms in total. The third-order valence-corrected chi connectivity index (χ3v) is 3.39. The molecule has 1 aromatic rings. The molecule has 0 fully saturated rings. The van der Waals surface area contributed by atoms with Crippen LogP contribution in [0, 0.1) is 5.92 Å². The summed E-state index contributed by atoms with van der Waals surface area (Å²) in [6.07, 6.45) is 1.59. The van der Waals surface area contributed by atoms with Crippen LogP contribution in [0.25, 0.3) is 0 Å². The number of nitrogens with zero attached hydrogens (tertiary/aromatic N) is 1. The van der Waals surface area contributed by atoms with E-state index in [1.54, 1.807) is 18.2 Å². The molecule has 0 saturated carbocycles. The second-order valence-electron chi connectivity index (χ2n) is 5.52. The maximum absolute atomic E-state index is 11.9. The monoisotopic (exact) mass is 297 g/mol. The molecular weight excluding hydrogens is 274 g/mol. The summed E-state index contributed by atoms with van der Waals surface area (Å²) in [5.41, 5.74) is 6.80. The van der Waals surface area contributed by atoms with Gasteiger partial charge in [0.25, 0.3) is 0 Å². The minimum Gasteiger partial charge on any atom is -0.399 e. The van der Waals surface area contributed by atoms with Crippen molar-refractivity contribution in [3.05, 3.63) is 23.2 Å². The van der Waals surface area contributed by atoms with Crippen LogP contribution in [-0.4, -0.2) is 30.9 Å². The number of carbonyl (C=O) groups is 1. The van der Waals surface area contributed by atoms with E-state index >= 15 is 0 Å². The van der Waals surface area contributed by atoms with E-state index in [2.05, 4.69) is 24.1 Å². The van der Waals surface area contributed by atoms with Gasteiger partial charge in [-0.2, -0.15) is 0 Å². The molecule has 1 rings (SSSR count). The Kier molecular flexibility index (Phi) is 6.82. The summed E-state index contributed by atoms with van der Waals surface area (Å²) in [5.74, 6) is 0.646. The Hall–Kier alpha value is -1.26. The van der Waals surface area contributed by atoms with Crippen molar-refractivity contribution < 1.29 is 4.79 Å². The minimum absolute atomic E-state index is 0.0342. The summed E-state index contributed by atoms with van der Waals surface area (Å²) in [5, 5.41) is 3.27. The Morgan fingerprint density at radius 2 is 2.10 bits per heavy atom. The van der Waals surface area contributed by atoms with Crippen LogP contribution >= 0.6 is 11.6 Å². The number of halogens is 1. The van der Waals surface area contributed by atoms with Gasteiger partial charge in [-0.25, -0.2) is 0 Å².